The summed E-state index contributed by atoms with van der Waals surface area (Å²) < 4.78 is 1.99. The Bertz CT molecular complexity index is 581. The lowest BCUT2D eigenvalue weighted by Crippen LogP contribution is -2.27. The van der Waals surface area contributed by atoms with E-state index in [2.05, 4.69) is 27.6 Å². The molecule has 1 saturated carbocycles. The molecule has 0 spiro atoms. The first-order valence-electron chi connectivity index (χ1n) is 7.35. The Hall–Kier alpha value is -1.49. The highest BCUT2D eigenvalue weighted by molar-refractivity contribution is 5.37. The Morgan fingerprint density at radius 2 is 1.84 bits per heavy atom. The van der Waals surface area contributed by atoms with Gasteiger partial charge in [0.25, 0.3) is 0 Å². The second kappa shape index (κ2) is 4.56. The Kier molecular flexibility index (Phi) is 2.72. The maximum absolute atomic E-state index is 4.80. The lowest BCUT2D eigenvalue weighted by atomic mass is 9.83. The largest absolute Gasteiger partial charge is 0.317 e. The summed E-state index contributed by atoms with van der Waals surface area (Å²) in [4.78, 5) is 0. The van der Waals surface area contributed by atoms with Gasteiger partial charge >= 0.3 is 0 Å². The van der Waals surface area contributed by atoms with E-state index in [1.807, 2.05) is 4.52 Å². The zero-order chi connectivity index (χ0) is 12.7. The van der Waals surface area contributed by atoms with Crippen molar-refractivity contribution < 1.29 is 0 Å². The first kappa shape index (κ1) is 11.3. The average molecular weight is 257 g/mol. The second-order valence-electron chi connectivity index (χ2n) is 5.74. The van der Waals surface area contributed by atoms with Crippen molar-refractivity contribution >= 4 is 5.65 Å². The molecule has 2 fully saturated rings. The molecular formula is C14H19N5. The predicted molar refractivity (Wildman–Crippen MR) is 72.2 cm³/mol. The van der Waals surface area contributed by atoms with Gasteiger partial charge in [-0.2, -0.15) is 9.61 Å². The molecule has 1 saturated heterocycles. The molecule has 19 heavy (non-hydrogen) atoms. The zero-order valence-corrected chi connectivity index (χ0v) is 11.0. The molecule has 0 atom stereocenters. The number of hydrogen-bond donors (Lipinski definition) is 1. The van der Waals surface area contributed by atoms with Gasteiger partial charge in [0.1, 0.15) is 0 Å². The molecule has 0 amide bonds. The fourth-order valence-electron chi connectivity index (χ4n) is 3.08. The minimum Gasteiger partial charge on any atom is -0.317 e. The molecule has 1 aliphatic heterocycles. The van der Waals surface area contributed by atoms with Crippen molar-refractivity contribution in [3.8, 4) is 0 Å². The average Bonchev–Trinajstić information content (AvgIpc) is 2.81. The smallest absolute Gasteiger partial charge is 0.177 e. The van der Waals surface area contributed by atoms with Crippen LogP contribution in [0.5, 0.6) is 0 Å². The summed E-state index contributed by atoms with van der Waals surface area (Å²) in [5, 5.41) is 16.9. The van der Waals surface area contributed by atoms with Gasteiger partial charge in [0, 0.05) is 11.8 Å². The molecule has 1 aliphatic carbocycles. The lowest BCUT2D eigenvalue weighted by Gasteiger charge is -2.25. The predicted octanol–water partition coefficient (Wildman–Crippen LogP) is 1.86. The molecule has 0 unspecified atom stereocenters. The number of aromatic nitrogens is 4. The van der Waals surface area contributed by atoms with Gasteiger partial charge in [0.15, 0.2) is 11.5 Å². The van der Waals surface area contributed by atoms with E-state index in [4.69, 9.17) is 5.10 Å². The van der Waals surface area contributed by atoms with Gasteiger partial charge in [-0.05, 0) is 50.9 Å². The molecule has 2 aromatic heterocycles. The number of piperidine rings is 1. The normalized spacial score (nSPS) is 21.7. The van der Waals surface area contributed by atoms with Gasteiger partial charge in [-0.3, -0.25) is 0 Å². The van der Waals surface area contributed by atoms with Crippen LogP contribution >= 0.6 is 0 Å². The number of hydrogen-bond acceptors (Lipinski definition) is 4. The van der Waals surface area contributed by atoms with E-state index in [1.165, 1.54) is 25.0 Å². The molecule has 3 heterocycles. The van der Waals surface area contributed by atoms with Crippen LogP contribution in [0.1, 0.15) is 55.5 Å². The van der Waals surface area contributed by atoms with Crippen LogP contribution in [0.3, 0.4) is 0 Å². The highest BCUT2D eigenvalue weighted by Crippen LogP contribution is 2.35. The van der Waals surface area contributed by atoms with Crippen LogP contribution in [0.15, 0.2) is 12.1 Å². The molecule has 0 radical (unpaired) electrons. The fraction of sp³-hybridized carbons (Fsp3) is 0.643. The lowest BCUT2D eigenvalue weighted by molar-refractivity contribution is 0.403. The van der Waals surface area contributed by atoms with Gasteiger partial charge in [0.05, 0.1) is 5.69 Å². The molecule has 100 valence electrons. The van der Waals surface area contributed by atoms with Crippen LogP contribution in [-0.2, 0) is 0 Å². The Morgan fingerprint density at radius 3 is 2.58 bits per heavy atom. The highest BCUT2D eigenvalue weighted by Gasteiger charge is 2.24. The summed E-state index contributed by atoms with van der Waals surface area (Å²) in [6.07, 6.45) is 6.17. The number of nitrogens with one attached hydrogen (secondary N) is 1. The van der Waals surface area contributed by atoms with Crippen molar-refractivity contribution in [3.63, 3.8) is 0 Å². The summed E-state index contributed by atoms with van der Waals surface area (Å²) in [6, 6.07) is 4.19. The first-order valence-corrected chi connectivity index (χ1v) is 7.35. The SMILES string of the molecule is c1cc2nnc(C3CCNCC3)n2nc1C1CCC1. The van der Waals surface area contributed by atoms with Crippen molar-refractivity contribution in [1.29, 1.82) is 0 Å². The monoisotopic (exact) mass is 257 g/mol. The highest BCUT2D eigenvalue weighted by atomic mass is 15.4. The van der Waals surface area contributed by atoms with Crippen LogP contribution < -0.4 is 5.32 Å². The van der Waals surface area contributed by atoms with Crippen LogP contribution in [0.25, 0.3) is 5.65 Å². The summed E-state index contributed by atoms with van der Waals surface area (Å²) in [6.45, 7) is 2.14. The van der Waals surface area contributed by atoms with E-state index in [-0.39, 0.29) is 0 Å². The first-order chi connectivity index (χ1) is 9.42. The summed E-state index contributed by atoms with van der Waals surface area (Å²) in [5.41, 5.74) is 2.10. The van der Waals surface area contributed by atoms with E-state index in [9.17, 15) is 0 Å². The minimum absolute atomic E-state index is 0.500. The van der Waals surface area contributed by atoms with E-state index in [0.717, 1.165) is 37.4 Å². The van der Waals surface area contributed by atoms with Gasteiger partial charge < -0.3 is 5.32 Å². The molecule has 0 aromatic carbocycles. The topological polar surface area (TPSA) is 55.1 Å². The maximum atomic E-state index is 4.80. The van der Waals surface area contributed by atoms with E-state index >= 15 is 0 Å². The van der Waals surface area contributed by atoms with Crippen LogP contribution in [0.4, 0.5) is 0 Å². The molecule has 5 heteroatoms. The van der Waals surface area contributed by atoms with Gasteiger partial charge in [-0.25, -0.2) is 0 Å². The fourth-order valence-corrected chi connectivity index (χ4v) is 3.08. The van der Waals surface area contributed by atoms with Crippen molar-refractivity contribution in [2.75, 3.05) is 13.1 Å². The van der Waals surface area contributed by atoms with E-state index in [0.29, 0.717) is 11.8 Å². The second-order valence-corrected chi connectivity index (χ2v) is 5.74. The molecule has 2 aliphatic rings. The quantitative estimate of drug-likeness (QED) is 0.892. The minimum atomic E-state index is 0.500. The zero-order valence-electron chi connectivity index (χ0n) is 11.0. The molecule has 4 rings (SSSR count). The number of rotatable bonds is 2. The van der Waals surface area contributed by atoms with Crippen molar-refractivity contribution in [2.24, 2.45) is 0 Å². The molecule has 0 bridgehead atoms. The van der Waals surface area contributed by atoms with Gasteiger partial charge in [-0.15, -0.1) is 10.2 Å². The van der Waals surface area contributed by atoms with Crippen molar-refractivity contribution in [1.82, 2.24) is 25.1 Å². The Labute approximate surface area is 112 Å². The van der Waals surface area contributed by atoms with Crippen LogP contribution in [0.2, 0.25) is 0 Å². The Morgan fingerprint density at radius 1 is 1.00 bits per heavy atom. The van der Waals surface area contributed by atoms with E-state index < -0.39 is 0 Å². The molecule has 1 N–H and O–H groups in total. The summed E-state index contributed by atoms with van der Waals surface area (Å²) in [7, 11) is 0. The van der Waals surface area contributed by atoms with Crippen molar-refractivity contribution in [2.45, 2.75) is 43.9 Å². The summed E-state index contributed by atoms with van der Waals surface area (Å²) >= 11 is 0. The summed E-state index contributed by atoms with van der Waals surface area (Å²) in [5.74, 6) is 2.21. The van der Waals surface area contributed by atoms with Crippen molar-refractivity contribution in [3.05, 3.63) is 23.7 Å². The molecule has 5 nitrogen and oxygen atoms in total. The van der Waals surface area contributed by atoms with Crippen LogP contribution in [0, 0.1) is 0 Å². The molecular weight excluding hydrogens is 238 g/mol. The molecule has 2 aromatic rings. The Balaban J connectivity index is 1.73. The third-order valence-electron chi connectivity index (χ3n) is 4.54. The number of fused-ring (bicyclic) bond motifs is 1. The third kappa shape index (κ3) is 1.92. The van der Waals surface area contributed by atoms with E-state index in [1.54, 1.807) is 0 Å². The van der Waals surface area contributed by atoms with Crippen LogP contribution in [-0.4, -0.2) is 32.9 Å². The third-order valence-corrected chi connectivity index (χ3v) is 4.54. The number of nitrogens with zero attached hydrogens (tertiary/aromatic N) is 4. The van der Waals surface area contributed by atoms with Gasteiger partial charge in [0.2, 0.25) is 0 Å². The maximum Gasteiger partial charge on any atom is 0.177 e. The standard InChI is InChI=1S/C14H19N5/c1-2-10(3-1)12-4-5-13-16-17-14(19(13)18-12)11-6-8-15-9-7-11/h4-5,10-11,15H,1-3,6-9H2. The van der Waals surface area contributed by atoms with Gasteiger partial charge in [-0.1, -0.05) is 6.42 Å².